The van der Waals surface area contributed by atoms with Gasteiger partial charge in [-0.3, -0.25) is 9.69 Å². The SMILES string of the molecule is CCCCN1CCN(C(=O)c2cccc(-c3ccc(N4CCCC4)nc3)c2)CC1. The highest BCUT2D eigenvalue weighted by atomic mass is 16.2. The molecule has 4 rings (SSSR count). The van der Waals surface area contributed by atoms with Crippen LogP contribution in [0.2, 0.25) is 0 Å². The van der Waals surface area contributed by atoms with Crippen molar-refractivity contribution in [3.8, 4) is 11.1 Å². The number of benzene rings is 1. The van der Waals surface area contributed by atoms with Crippen LogP contribution < -0.4 is 4.90 Å². The van der Waals surface area contributed by atoms with Gasteiger partial charge in [-0.15, -0.1) is 0 Å². The van der Waals surface area contributed by atoms with Crippen LogP contribution in [0.1, 0.15) is 43.0 Å². The second-order valence-corrected chi connectivity index (χ2v) is 8.17. The number of nitrogens with zero attached hydrogens (tertiary/aromatic N) is 4. The van der Waals surface area contributed by atoms with Gasteiger partial charge in [-0.05, 0) is 55.6 Å². The smallest absolute Gasteiger partial charge is 0.253 e. The molecule has 5 heteroatoms. The van der Waals surface area contributed by atoms with Crippen LogP contribution in [0.4, 0.5) is 5.82 Å². The predicted octanol–water partition coefficient (Wildman–Crippen LogP) is 3.91. The first kappa shape index (κ1) is 19.9. The Hall–Kier alpha value is -2.40. The summed E-state index contributed by atoms with van der Waals surface area (Å²) in [5.41, 5.74) is 2.89. The first-order valence-corrected chi connectivity index (χ1v) is 11.1. The van der Waals surface area contributed by atoms with Crippen LogP contribution in [0.5, 0.6) is 0 Å². The standard InChI is InChI=1S/C24H32N4O/c1-2-3-11-26-14-16-28(17-15-26)24(29)21-8-6-7-20(18-21)22-9-10-23(25-19-22)27-12-4-5-13-27/h6-10,18-19H,2-5,11-17H2,1H3. The van der Waals surface area contributed by atoms with Crippen LogP contribution in [-0.2, 0) is 0 Å². The van der Waals surface area contributed by atoms with Gasteiger partial charge >= 0.3 is 0 Å². The van der Waals surface area contributed by atoms with Crippen LogP contribution in [0.25, 0.3) is 11.1 Å². The lowest BCUT2D eigenvalue weighted by Gasteiger charge is -2.34. The van der Waals surface area contributed by atoms with Gasteiger partial charge in [0.25, 0.3) is 5.91 Å². The van der Waals surface area contributed by atoms with Gasteiger partial charge in [0.05, 0.1) is 0 Å². The van der Waals surface area contributed by atoms with Gasteiger partial charge in [0.1, 0.15) is 5.82 Å². The van der Waals surface area contributed by atoms with Crippen molar-refractivity contribution in [2.75, 3.05) is 50.7 Å². The Kier molecular flexibility index (Phi) is 6.45. The zero-order valence-corrected chi connectivity index (χ0v) is 17.5. The summed E-state index contributed by atoms with van der Waals surface area (Å²) in [5.74, 6) is 1.20. The maximum atomic E-state index is 13.0. The average molecular weight is 393 g/mol. The number of aromatic nitrogens is 1. The molecule has 29 heavy (non-hydrogen) atoms. The summed E-state index contributed by atoms with van der Waals surface area (Å²) >= 11 is 0. The van der Waals surface area contributed by atoms with Gasteiger partial charge in [0, 0.05) is 56.6 Å². The van der Waals surface area contributed by atoms with E-state index >= 15 is 0 Å². The molecule has 0 bridgehead atoms. The quantitative estimate of drug-likeness (QED) is 0.747. The molecule has 1 aromatic heterocycles. The molecule has 1 aromatic carbocycles. The molecular weight excluding hydrogens is 360 g/mol. The molecule has 154 valence electrons. The summed E-state index contributed by atoms with van der Waals surface area (Å²) in [4.78, 5) is 24.5. The molecule has 0 aliphatic carbocycles. The molecular formula is C24H32N4O. The minimum atomic E-state index is 0.142. The molecule has 2 aliphatic rings. The number of anilines is 1. The third-order valence-corrected chi connectivity index (χ3v) is 6.11. The summed E-state index contributed by atoms with van der Waals surface area (Å²) in [6, 6.07) is 12.2. The second kappa shape index (κ2) is 9.40. The van der Waals surface area contributed by atoms with Crippen molar-refractivity contribution in [1.29, 1.82) is 0 Å². The lowest BCUT2D eigenvalue weighted by molar-refractivity contribution is 0.0636. The highest BCUT2D eigenvalue weighted by Gasteiger charge is 2.22. The fourth-order valence-electron chi connectivity index (χ4n) is 4.26. The summed E-state index contributed by atoms with van der Waals surface area (Å²) in [6.07, 6.45) is 6.89. The first-order valence-electron chi connectivity index (χ1n) is 11.1. The van der Waals surface area contributed by atoms with E-state index in [1.807, 2.05) is 29.3 Å². The molecule has 0 atom stereocenters. The van der Waals surface area contributed by atoms with Gasteiger partial charge in [0.2, 0.25) is 0 Å². The molecule has 2 aromatic rings. The second-order valence-electron chi connectivity index (χ2n) is 8.17. The largest absolute Gasteiger partial charge is 0.357 e. The Balaban J connectivity index is 1.41. The van der Waals surface area contributed by atoms with E-state index in [0.29, 0.717) is 0 Å². The van der Waals surface area contributed by atoms with Gasteiger partial charge in [-0.1, -0.05) is 25.5 Å². The number of unbranched alkanes of at least 4 members (excludes halogenated alkanes) is 1. The van der Waals surface area contributed by atoms with E-state index in [2.05, 4.69) is 39.9 Å². The van der Waals surface area contributed by atoms with Crippen molar-refractivity contribution in [2.45, 2.75) is 32.6 Å². The van der Waals surface area contributed by atoms with Crippen LogP contribution in [-0.4, -0.2) is 66.5 Å². The molecule has 0 spiro atoms. The van der Waals surface area contributed by atoms with E-state index in [0.717, 1.165) is 68.3 Å². The van der Waals surface area contributed by atoms with E-state index in [1.54, 1.807) is 0 Å². The predicted molar refractivity (Wildman–Crippen MR) is 118 cm³/mol. The molecule has 0 saturated carbocycles. The van der Waals surface area contributed by atoms with Crippen molar-refractivity contribution < 1.29 is 4.79 Å². The summed E-state index contributed by atoms with van der Waals surface area (Å²) in [7, 11) is 0. The monoisotopic (exact) mass is 392 g/mol. The molecule has 0 unspecified atom stereocenters. The number of hydrogen-bond acceptors (Lipinski definition) is 4. The molecule has 2 saturated heterocycles. The third kappa shape index (κ3) is 4.78. The van der Waals surface area contributed by atoms with E-state index in [9.17, 15) is 4.79 Å². The normalized spacial score (nSPS) is 17.7. The summed E-state index contributed by atoms with van der Waals surface area (Å²) < 4.78 is 0. The molecule has 0 radical (unpaired) electrons. The van der Waals surface area contributed by atoms with Crippen molar-refractivity contribution in [3.05, 3.63) is 48.2 Å². The minimum absolute atomic E-state index is 0.142. The Labute approximate surface area is 174 Å². The van der Waals surface area contributed by atoms with Gasteiger partial charge in [-0.2, -0.15) is 0 Å². The minimum Gasteiger partial charge on any atom is -0.357 e. The third-order valence-electron chi connectivity index (χ3n) is 6.11. The average Bonchev–Trinajstić information content (AvgIpc) is 3.33. The number of pyridine rings is 1. The summed E-state index contributed by atoms with van der Waals surface area (Å²) in [6.45, 7) is 9.17. The van der Waals surface area contributed by atoms with Crippen molar-refractivity contribution in [3.63, 3.8) is 0 Å². The van der Waals surface area contributed by atoms with Crippen molar-refractivity contribution >= 4 is 11.7 Å². The van der Waals surface area contributed by atoms with Gasteiger partial charge in [-0.25, -0.2) is 4.98 Å². The topological polar surface area (TPSA) is 39.7 Å². The van der Waals surface area contributed by atoms with E-state index in [-0.39, 0.29) is 5.91 Å². The highest BCUT2D eigenvalue weighted by Crippen LogP contribution is 2.24. The first-order chi connectivity index (χ1) is 14.2. The molecule has 5 nitrogen and oxygen atoms in total. The fraction of sp³-hybridized carbons (Fsp3) is 0.500. The molecule has 3 heterocycles. The Morgan fingerprint density at radius 3 is 2.45 bits per heavy atom. The number of piperazine rings is 1. The maximum Gasteiger partial charge on any atom is 0.253 e. The number of amides is 1. The number of rotatable bonds is 6. The van der Waals surface area contributed by atoms with E-state index in [4.69, 9.17) is 0 Å². The number of carbonyl (C=O) groups is 1. The van der Waals surface area contributed by atoms with Crippen LogP contribution in [0, 0.1) is 0 Å². The van der Waals surface area contributed by atoms with Gasteiger partial charge in [0.15, 0.2) is 0 Å². The lowest BCUT2D eigenvalue weighted by atomic mass is 10.0. The van der Waals surface area contributed by atoms with Crippen LogP contribution in [0.3, 0.4) is 0 Å². The molecule has 2 aliphatic heterocycles. The highest BCUT2D eigenvalue weighted by molar-refractivity contribution is 5.95. The Morgan fingerprint density at radius 2 is 1.76 bits per heavy atom. The molecule has 0 N–H and O–H groups in total. The number of carbonyl (C=O) groups excluding carboxylic acids is 1. The van der Waals surface area contributed by atoms with Crippen LogP contribution in [0.15, 0.2) is 42.6 Å². The lowest BCUT2D eigenvalue weighted by Crippen LogP contribution is -2.48. The maximum absolute atomic E-state index is 13.0. The zero-order chi connectivity index (χ0) is 20.1. The Bertz CT molecular complexity index is 806. The van der Waals surface area contributed by atoms with E-state index in [1.165, 1.54) is 25.7 Å². The summed E-state index contributed by atoms with van der Waals surface area (Å²) in [5, 5.41) is 0. The number of hydrogen-bond donors (Lipinski definition) is 0. The van der Waals surface area contributed by atoms with Gasteiger partial charge < -0.3 is 9.80 Å². The molecule has 1 amide bonds. The van der Waals surface area contributed by atoms with Crippen molar-refractivity contribution in [1.82, 2.24) is 14.8 Å². The Morgan fingerprint density at radius 1 is 0.966 bits per heavy atom. The zero-order valence-electron chi connectivity index (χ0n) is 17.5. The fourth-order valence-corrected chi connectivity index (χ4v) is 4.26. The van der Waals surface area contributed by atoms with Crippen molar-refractivity contribution in [2.24, 2.45) is 0 Å². The van der Waals surface area contributed by atoms with E-state index < -0.39 is 0 Å². The van der Waals surface area contributed by atoms with Crippen LogP contribution >= 0.6 is 0 Å². The molecule has 2 fully saturated rings.